The highest BCUT2D eigenvalue weighted by Crippen LogP contribution is 2.41. The van der Waals surface area contributed by atoms with Crippen molar-refractivity contribution >= 4 is 0 Å². The van der Waals surface area contributed by atoms with Crippen LogP contribution in [0.15, 0.2) is 0 Å². The van der Waals surface area contributed by atoms with Crippen molar-refractivity contribution in [3.63, 3.8) is 0 Å². The van der Waals surface area contributed by atoms with Gasteiger partial charge < -0.3 is 4.74 Å². The molecular formula is C12H23NO. The highest BCUT2D eigenvalue weighted by Gasteiger charge is 2.49. The lowest BCUT2D eigenvalue weighted by molar-refractivity contribution is -0.131. The maximum Gasteiger partial charge on any atom is 0.0759 e. The van der Waals surface area contributed by atoms with Gasteiger partial charge in [-0.05, 0) is 39.2 Å². The molecule has 2 fully saturated rings. The molecule has 2 nitrogen and oxygen atoms in total. The summed E-state index contributed by atoms with van der Waals surface area (Å²) in [4.78, 5) is 2.54. The summed E-state index contributed by atoms with van der Waals surface area (Å²) in [6.45, 7) is 10.1. The first-order chi connectivity index (χ1) is 6.43. The summed E-state index contributed by atoms with van der Waals surface area (Å²) >= 11 is 0. The van der Waals surface area contributed by atoms with Gasteiger partial charge in [-0.2, -0.15) is 0 Å². The third-order valence-electron chi connectivity index (χ3n) is 4.26. The van der Waals surface area contributed by atoms with E-state index in [1.165, 1.54) is 6.42 Å². The number of morpholine rings is 1. The Balaban J connectivity index is 2.21. The van der Waals surface area contributed by atoms with E-state index in [4.69, 9.17) is 4.74 Å². The first kappa shape index (κ1) is 10.4. The van der Waals surface area contributed by atoms with Crippen LogP contribution >= 0.6 is 0 Å². The normalized spacial score (nSPS) is 47.8. The van der Waals surface area contributed by atoms with Gasteiger partial charge in [0.25, 0.3) is 0 Å². The van der Waals surface area contributed by atoms with E-state index in [9.17, 15) is 0 Å². The molecule has 2 heteroatoms. The monoisotopic (exact) mass is 197 g/mol. The molecule has 2 rings (SSSR count). The molecule has 0 radical (unpaired) electrons. The van der Waals surface area contributed by atoms with E-state index in [2.05, 4.69) is 39.6 Å². The fraction of sp³-hybridized carbons (Fsp3) is 1.00. The van der Waals surface area contributed by atoms with E-state index in [1.54, 1.807) is 0 Å². The van der Waals surface area contributed by atoms with Crippen LogP contribution in [-0.4, -0.2) is 36.2 Å². The molecule has 1 saturated heterocycles. The highest BCUT2D eigenvalue weighted by atomic mass is 16.5. The first-order valence-corrected chi connectivity index (χ1v) is 5.78. The molecule has 4 atom stereocenters. The second-order valence-corrected chi connectivity index (χ2v) is 5.88. The molecule has 0 amide bonds. The lowest BCUT2D eigenvalue weighted by Gasteiger charge is -2.48. The van der Waals surface area contributed by atoms with Crippen LogP contribution in [0.1, 0.15) is 34.1 Å². The summed E-state index contributed by atoms with van der Waals surface area (Å²) in [5, 5.41) is 0. The zero-order valence-corrected chi connectivity index (χ0v) is 10.1. The van der Waals surface area contributed by atoms with E-state index >= 15 is 0 Å². The van der Waals surface area contributed by atoms with Crippen molar-refractivity contribution in [3.05, 3.63) is 0 Å². The molecule has 1 saturated carbocycles. The Hall–Kier alpha value is -0.0800. The molecule has 0 bridgehead atoms. The molecule has 14 heavy (non-hydrogen) atoms. The molecule has 1 aliphatic heterocycles. The number of fused-ring (bicyclic) bond motifs is 1. The number of ether oxygens (including phenoxy) is 1. The maximum absolute atomic E-state index is 6.03. The van der Waals surface area contributed by atoms with Crippen LogP contribution < -0.4 is 0 Å². The van der Waals surface area contributed by atoms with Crippen LogP contribution in [0, 0.1) is 11.8 Å². The lowest BCUT2D eigenvalue weighted by Crippen LogP contribution is -2.60. The topological polar surface area (TPSA) is 12.5 Å². The Morgan fingerprint density at radius 3 is 2.50 bits per heavy atom. The Labute approximate surface area is 87.6 Å². The van der Waals surface area contributed by atoms with Gasteiger partial charge in [-0.25, -0.2) is 0 Å². The smallest absolute Gasteiger partial charge is 0.0759 e. The average Bonchev–Trinajstić information content (AvgIpc) is 2.35. The van der Waals surface area contributed by atoms with Crippen LogP contribution in [-0.2, 0) is 4.74 Å². The first-order valence-electron chi connectivity index (χ1n) is 5.78. The minimum absolute atomic E-state index is 0.208. The molecule has 0 aromatic heterocycles. The summed E-state index contributed by atoms with van der Waals surface area (Å²) in [5.74, 6) is 1.51. The largest absolute Gasteiger partial charge is 0.374 e. The third-order valence-corrected chi connectivity index (χ3v) is 4.26. The predicted molar refractivity (Wildman–Crippen MR) is 58.3 cm³/mol. The van der Waals surface area contributed by atoms with Crippen LogP contribution in [0.3, 0.4) is 0 Å². The SMILES string of the molecule is CC1CC(C)C2C1OCC(C)(C)N2C. The van der Waals surface area contributed by atoms with Gasteiger partial charge in [0.2, 0.25) is 0 Å². The van der Waals surface area contributed by atoms with E-state index in [-0.39, 0.29) is 5.54 Å². The number of hydrogen-bond acceptors (Lipinski definition) is 2. The van der Waals surface area contributed by atoms with Crippen molar-refractivity contribution in [2.45, 2.75) is 51.8 Å². The van der Waals surface area contributed by atoms with Crippen LogP contribution in [0.25, 0.3) is 0 Å². The highest BCUT2D eigenvalue weighted by molar-refractivity contribution is 5.01. The summed E-state index contributed by atoms with van der Waals surface area (Å²) in [7, 11) is 2.26. The molecule has 0 aromatic carbocycles. The molecular weight excluding hydrogens is 174 g/mol. The number of hydrogen-bond donors (Lipinski definition) is 0. The van der Waals surface area contributed by atoms with Gasteiger partial charge in [-0.1, -0.05) is 13.8 Å². The van der Waals surface area contributed by atoms with Crippen LogP contribution in [0.4, 0.5) is 0 Å². The predicted octanol–water partition coefficient (Wildman–Crippen LogP) is 2.14. The van der Waals surface area contributed by atoms with Crippen molar-refractivity contribution in [3.8, 4) is 0 Å². The molecule has 2 aliphatic rings. The molecule has 1 heterocycles. The minimum Gasteiger partial charge on any atom is -0.374 e. The second-order valence-electron chi connectivity index (χ2n) is 5.88. The molecule has 0 spiro atoms. The van der Waals surface area contributed by atoms with E-state index < -0.39 is 0 Å². The zero-order chi connectivity index (χ0) is 10.5. The Bertz CT molecular complexity index is 226. The molecule has 4 unspecified atom stereocenters. The van der Waals surface area contributed by atoms with E-state index in [1.807, 2.05) is 0 Å². The summed E-state index contributed by atoms with van der Waals surface area (Å²) in [5.41, 5.74) is 0.208. The van der Waals surface area contributed by atoms with Crippen molar-refractivity contribution in [1.29, 1.82) is 0 Å². The second kappa shape index (κ2) is 3.21. The van der Waals surface area contributed by atoms with Gasteiger partial charge in [0.1, 0.15) is 0 Å². The quantitative estimate of drug-likeness (QED) is 0.590. The van der Waals surface area contributed by atoms with Crippen LogP contribution in [0.2, 0.25) is 0 Å². The molecule has 0 aromatic rings. The Morgan fingerprint density at radius 2 is 1.86 bits per heavy atom. The Kier molecular flexibility index (Phi) is 2.39. The van der Waals surface area contributed by atoms with Gasteiger partial charge in [0.15, 0.2) is 0 Å². The standard InChI is InChI=1S/C12H23NO/c1-8-6-9(2)11-10(8)13(5)12(3,4)7-14-11/h8-11H,6-7H2,1-5H3. The van der Waals surface area contributed by atoms with Gasteiger partial charge in [-0.3, -0.25) is 4.90 Å². The van der Waals surface area contributed by atoms with Crippen molar-refractivity contribution < 1.29 is 4.74 Å². The third kappa shape index (κ3) is 1.40. The number of likely N-dealkylation sites (N-methyl/N-ethyl adjacent to an activating group) is 1. The minimum atomic E-state index is 0.208. The van der Waals surface area contributed by atoms with Gasteiger partial charge >= 0.3 is 0 Å². The fourth-order valence-corrected chi connectivity index (χ4v) is 3.19. The number of nitrogens with zero attached hydrogens (tertiary/aromatic N) is 1. The summed E-state index contributed by atoms with van der Waals surface area (Å²) in [6, 6.07) is 0.633. The Morgan fingerprint density at radius 1 is 1.21 bits per heavy atom. The molecule has 82 valence electrons. The summed E-state index contributed by atoms with van der Waals surface area (Å²) < 4.78 is 6.03. The van der Waals surface area contributed by atoms with Gasteiger partial charge in [-0.15, -0.1) is 0 Å². The van der Waals surface area contributed by atoms with E-state index in [0.717, 1.165) is 18.4 Å². The average molecular weight is 197 g/mol. The van der Waals surface area contributed by atoms with E-state index in [0.29, 0.717) is 12.1 Å². The van der Waals surface area contributed by atoms with Gasteiger partial charge in [0, 0.05) is 11.6 Å². The lowest BCUT2D eigenvalue weighted by atomic mass is 9.93. The molecule has 0 N–H and O–H groups in total. The van der Waals surface area contributed by atoms with Crippen molar-refractivity contribution in [2.24, 2.45) is 11.8 Å². The summed E-state index contributed by atoms with van der Waals surface area (Å²) in [6.07, 6.45) is 1.79. The van der Waals surface area contributed by atoms with Gasteiger partial charge in [0.05, 0.1) is 12.7 Å². The molecule has 1 aliphatic carbocycles. The zero-order valence-electron chi connectivity index (χ0n) is 10.1. The maximum atomic E-state index is 6.03. The van der Waals surface area contributed by atoms with Crippen molar-refractivity contribution in [2.75, 3.05) is 13.7 Å². The van der Waals surface area contributed by atoms with Crippen molar-refractivity contribution in [1.82, 2.24) is 4.90 Å². The van der Waals surface area contributed by atoms with Crippen LogP contribution in [0.5, 0.6) is 0 Å². The number of rotatable bonds is 0. The fourth-order valence-electron chi connectivity index (χ4n) is 3.19.